The summed E-state index contributed by atoms with van der Waals surface area (Å²) in [6.07, 6.45) is 1.85. The number of aryl methyl sites for hydroxylation is 1. The van der Waals surface area contributed by atoms with Gasteiger partial charge in [0.1, 0.15) is 11.4 Å². The topological polar surface area (TPSA) is 43.3 Å². The van der Waals surface area contributed by atoms with Crippen molar-refractivity contribution >= 4 is 5.91 Å². The molecule has 4 heteroatoms. The van der Waals surface area contributed by atoms with Crippen molar-refractivity contribution in [2.24, 2.45) is 7.05 Å². The highest BCUT2D eigenvalue weighted by Gasteiger charge is 2.15. The lowest BCUT2D eigenvalue weighted by Crippen LogP contribution is -2.28. The molecule has 1 unspecified atom stereocenters. The van der Waals surface area contributed by atoms with Gasteiger partial charge >= 0.3 is 0 Å². The summed E-state index contributed by atoms with van der Waals surface area (Å²) in [7, 11) is 3.48. The molecule has 1 aromatic heterocycles. The van der Waals surface area contributed by atoms with E-state index in [9.17, 15) is 4.79 Å². The minimum Gasteiger partial charge on any atom is -0.496 e. The molecule has 2 rings (SSSR count). The molecule has 1 amide bonds. The highest BCUT2D eigenvalue weighted by atomic mass is 16.5. The molecule has 0 aliphatic carbocycles. The van der Waals surface area contributed by atoms with Crippen LogP contribution in [0.15, 0.2) is 42.6 Å². The summed E-state index contributed by atoms with van der Waals surface area (Å²) in [5, 5.41) is 2.97. The molecular weight excluding hydrogens is 240 g/mol. The molecule has 19 heavy (non-hydrogen) atoms. The Morgan fingerprint density at radius 3 is 2.63 bits per heavy atom. The zero-order valence-corrected chi connectivity index (χ0v) is 11.4. The van der Waals surface area contributed by atoms with Crippen LogP contribution in [0.5, 0.6) is 5.75 Å². The number of methoxy groups -OCH3 is 1. The largest absolute Gasteiger partial charge is 0.496 e. The molecule has 100 valence electrons. The van der Waals surface area contributed by atoms with Gasteiger partial charge in [-0.3, -0.25) is 4.79 Å². The summed E-state index contributed by atoms with van der Waals surface area (Å²) in [4.78, 5) is 12.1. The Morgan fingerprint density at radius 1 is 1.26 bits per heavy atom. The zero-order chi connectivity index (χ0) is 13.8. The Bertz CT molecular complexity index is 575. The summed E-state index contributed by atoms with van der Waals surface area (Å²) in [5.41, 5.74) is 1.61. The third-order valence-electron chi connectivity index (χ3n) is 3.13. The van der Waals surface area contributed by atoms with Crippen LogP contribution >= 0.6 is 0 Å². The van der Waals surface area contributed by atoms with E-state index in [0.29, 0.717) is 5.69 Å². The predicted molar refractivity (Wildman–Crippen MR) is 74.3 cm³/mol. The summed E-state index contributed by atoms with van der Waals surface area (Å²) >= 11 is 0. The molecule has 1 heterocycles. The normalized spacial score (nSPS) is 11.9. The summed E-state index contributed by atoms with van der Waals surface area (Å²) in [6, 6.07) is 11.2. The molecule has 4 nitrogen and oxygen atoms in total. The van der Waals surface area contributed by atoms with Gasteiger partial charge < -0.3 is 14.6 Å². The van der Waals surface area contributed by atoms with Crippen LogP contribution in [0, 0.1) is 0 Å². The third-order valence-corrected chi connectivity index (χ3v) is 3.13. The Labute approximate surface area is 113 Å². The van der Waals surface area contributed by atoms with Crippen LogP contribution in [-0.4, -0.2) is 17.6 Å². The average Bonchev–Trinajstić information content (AvgIpc) is 2.85. The first-order chi connectivity index (χ1) is 9.13. The van der Waals surface area contributed by atoms with Crippen molar-refractivity contribution in [3.05, 3.63) is 53.9 Å². The van der Waals surface area contributed by atoms with Gasteiger partial charge in [-0.2, -0.15) is 0 Å². The lowest BCUT2D eigenvalue weighted by atomic mass is 10.1. The molecule has 0 saturated carbocycles. The van der Waals surface area contributed by atoms with E-state index in [0.717, 1.165) is 11.3 Å². The van der Waals surface area contributed by atoms with E-state index in [2.05, 4.69) is 5.32 Å². The molecule has 1 atom stereocenters. The fraction of sp³-hybridized carbons (Fsp3) is 0.267. The minimum absolute atomic E-state index is 0.0918. The molecule has 0 spiro atoms. The first-order valence-electron chi connectivity index (χ1n) is 6.18. The number of para-hydroxylation sites is 1. The number of hydrogen-bond donors (Lipinski definition) is 1. The molecule has 0 aliphatic rings. The van der Waals surface area contributed by atoms with E-state index in [4.69, 9.17) is 4.74 Å². The van der Waals surface area contributed by atoms with Gasteiger partial charge in [0.15, 0.2) is 0 Å². The van der Waals surface area contributed by atoms with Gasteiger partial charge in [0, 0.05) is 18.8 Å². The monoisotopic (exact) mass is 258 g/mol. The van der Waals surface area contributed by atoms with Crippen molar-refractivity contribution in [3.8, 4) is 5.75 Å². The number of rotatable bonds is 4. The van der Waals surface area contributed by atoms with Crippen molar-refractivity contribution < 1.29 is 9.53 Å². The van der Waals surface area contributed by atoms with E-state index in [-0.39, 0.29) is 11.9 Å². The molecule has 0 radical (unpaired) electrons. The van der Waals surface area contributed by atoms with E-state index in [1.165, 1.54) is 0 Å². The molecule has 0 bridgehead atoms. The maximum Gasteiger partial charge on any atom is 0.268 e. The molecule has 0 fully saturated rings. The number of nitrogens with one attached hydrogen (secondary N) is 1. The van der Waals surface area contributed by atoms with Gasteiger partial charge in [0.05, 0.1) is 13.2 Å². The molecular formula is C15H18N2O2. The predicted octanol–water partition coefficient (Wildman–Crippen LogP) is 2.52. The Kier molecular flexibility index (Phi) is 3.90. The van der Waals surface area contributed by atoms with Gasteiger partial charge in [-0.1, -0.05) is 18.2 Å². The van der Waals surface area contributed by atoms with Gasteiger partial charge in [0.25, 0.3) is 5.91 Å². The summed E-state index contributed by atoms with van der Waals surface area (Å²) in [6.45, 7) is 1.94. The number of aromatic nitrogens is 1. The Balaban J connectivity index is 2.15. The van der Waals surface area contributed by atoms with Crippen molar-refractivity contribution in [2.45, 2.75) is 13.0 Å². The number of ether oxygens (including phenoxy) is 1. The Hall–Kier alpha value is -2.23. The van der Waals surface area contributed by atoms with Crippen LogP contribution < -0.4 is 10.1 Å². The highest BCUT2D eigenvalue weighted by molar-refractivity contribution is 5.93. The van der Waals surface area contributed by atoms with Gasteiger partial charge in [-0.15, -0.1) is 0 Å². The third kappa shape index (κ3) is 2.78. The van der Waals surface area contributed by atoms with Crippen LogP contribution in [0.2, 0.25) is 0 Å². The molecule has 2 aromatic rings. The summed E-state index contributed by atoms with van der Waals surface area (Å²) < 4.78 is 7.10. The molecule has 0 saturated heterocycles. The van der Waals surface area contributed by atoms with E-state index in [1.54, 1.807) is 17.7 Å². The zero-order valence-electron chi connectivity index (χ0n) is 11.4. The van der Waals surface area contributed by atoms with Crippen molar-refractivity contribution in [3.63, 3.8) is 0 Å². The number of hydrogen-bond acceptors (Lipinski definition) is 2. The van der Waals surface area contributed by atoms with Crippen LogP contribution in [0.1, 0.15) is 29.0 Å². The van der Waals surface area contributed by atoms with Gasteiger partial charge in [-0.05, 0) is 25.1 Å². The standard InChI is InChI=1S/C15H18N2O2/c1-11(12-7-4-5-9-14(12)19-3)16-15(18)13-8-6-10-17(13)2/h4-11H,1-3H3,(H,16,18). The van der Waals surface area contributed by atoms with Crippen molar-refractivity contribution in [2.75, 3.05) is 7.11 Å². The first-order valence-corrected chi connectivity index (χ1v) is 6.18. The maximum absolute atomic E-state index is 12.1. The van der Waals surface area contributed by atoms with E-state index < -0.39 is 0 Å². The Morgan fingerprint density at radius 2 is 2.00 bits per heavy atom. The van der Waals surface area contributed by atoms with Gasteiger partial charge in [-0.25, -0.2) is 0 Å². The second-order valence-corrected chi connectivity index (χ2v) is 4.44. The second-order valence-electron chi connectivity index (χ2n) is 4.44. The fourth-order valence-corrected chi connectivity index (χ4v) is 2.07. The van der Waals surface area contributed by atoms with E-state index >= 15 is 0 Å². The average molecular weight is 258 g/mol. The minimum atomic E-state index is -0.112. The first kappa shape index (κ1) is 13.2. The maximum atomic E-state index is 12.1. The van der Waals surface area contributed by atoms with E-state index in [1.807, 2.05) is 50.5 Å². The number of nitrogens with zero attached hydrogens (tertiary/aromatic N) is 1. The number of amides is 1. The summed E-state index contributed by atoms with van der Waals surface area (Å²) in [5.74, 6) is 0.688. The number of carbonyl (C=O) groups excluding carboxylic acids is 1. The lowest BCUT2D eigenvalue weighted by Gasteiger charge is -2.17. The lowest BCUT2D eigenvalue weighted by molar-refractivity contribution is 0.0931. The molecule has 0 aliphatic heterocycles. The van der Waals surface area contributed by atoms with Gasteiger partial charge in [0.2, 0.25) is 0 Å². The molecule has 1 aromatic carbocycles. The van der Waals surface area contributed by atoms with Crippen LogP contribution in [0.3, 0.4) is 0 Å². The highest BCUT2D eigenvalue weighted by Crippen LogP contribution is 2.24. The van der Waals surface area contributed by atoms with Crippen LogP contribution in [0.4, 0.5) is 0 Å². The SMILES string of the molecule is COc1ccccc1C(C)NC(=O)c1cccn1C. The smallest absolute Gasteiger partial charge is 0.268 e. The van der Waals surface area contributed by atoms with Crippen molar-refractivity contribution in [1.82, 2.24) is 9.88 Å². The van der Waals surface area contributed by atoms with Crippen LogP contribution in [0.25, 0.3) is 0 Å². The number of carbonyl (C=O) groups is 1. The fourth-order valence-electron chi connectivity index (χ4n) is 2.07. The molecule has 1 N–H and O–H groups in total. The van der Waals surface area contributed by atoms with Crippen molar-refractivity contribution in [1.29, 1.82) is 0 Å². The quantitative estimate of drug-likeness (QED) is 0.915. The van der Waals surface area contributed by atoms with Crippen LogP contribution in [-0.2, 0) is 7.05 Å². The second kappa shape index (κ2) is 5.61. The number of benzene rings is 1.